The highest BCUT2D eigenvalue weighted by atomic mass is 35.5. The number of aryl methyl sites for hydroxylation is 2. The van der Waals surface area contributed by atoms with E-state index in [-0.39, 0.29) is 24.5 Å². The molecule has 1 N–H and O–H groups in total. The van der Waals surface area contributed by atoms with Crippen LogP contribution in [0.5, 0.6) is 0 Å². The number of hydrogen-bond donors (Lipinski definition) is 1. The van der Waals surface area contributed by atoms with Gasteiger partial charge in [-0.25, -0.2) is 8.42 Å². The van der Waals surface area contributed by atoms with Crippen LogP contribution in [0.25, 0.3) is 0 Å². The first kappa shape index (κ1) is 16.7. The Morgan fingerprint density at radius 3 is 2.48 bits per heavy atom. The Morgan fingerprint density at radius 2 is 1.86 bits per heavy atom. The number of sulfonamides is 1. The standard InChI is InChI=1S/C13H22N4O2S.ClH/c1-9-13(10(2)16(3)15-9)20(18,19)17-11-4-5-12(17)8-14-7-6-11;/h11-12,14H,4-8H2,1-3H3;1H. The number of fused-ring (bicyclic) bond motifs is 2. The second kappa shape index (κ2) is 5.87. The molecule has 2 bridgehead atoms. The molecule has 0 spiro atoms. The van der Waals surface area contributed by atoms with Crippen LogP contribution < -0.4 is 5.32 Å². The van der Waals surface area contributed by atoms with Crippen LogP contribution in [0.1, 0.15) is 30.7 Å². The van der Waals surface area contributed by atoms with Crippen molar-refractivity contribution >= 4 is 22.4 Å². The monoisotopic (exact) mass is 334 g/mol. The molecule has 6 nitrogen and oxygen atoms in total. The summed E-state index contributed by atoms with van der Waals surface area (Å²) in [5.74, 6) is 0. The third kappa shape index (κ3) is 2.60. The van der Waals surface area contributed by atoms with Gasteiger partial charge in [0.25, 0.3) is 0 Å². The first-order chi connectivity index (χ1) is 9.43. The lowest BCUT2D eigenvalue weighted by Crippen LogP contribution is -2.42. The van der Waals surface area contributed by atoms with Gasteiger partial charge in [0.15, 0.2) is 0 Å². The lowest BCUT2D eigenvalue weighted by Gasteiger charge is -2.27. The fourth-order valence-corrected chi connectivity index (χ4v) is 5.87. The van der Waals surface area contributed by atoms with Crippen LogP contribution in [0.3, 0.4) is 0 Å². The van der Waals surface area contributed by atoms with Crippen molar-refractivity contribution in [2.75, 3.05) is 13.1 Å². The van der Waals surface area contributed by atoms with Gasteiger partial charge in [0.1, 0.15) is 4.90 Å². The van der Waals surface area contributed by atoms with Crippen molar-refractivity contribution < 1.29 is 8.42 Å². The van der Waals surface area contributed by atoms with Gasteiger partial charge in [-0.2, -0.15) is 9.40 Å². The van der Waals surface area contributed by atoms with E-state index in [9.17, 15) is 8.42 Å². The summed E-state index contributed by atoms with van der Waals surface area (Å²) in [7, 11) is -1.66. The topological polar surface area (TPSA) is 67.2 Å². The molecule has 21 heavy (non-hydrogen) atoms. The van der Waals surface area contributed by atoms with Gasteiger partial charge in [-0.05, 0) is 39.7 Å². The average Bonchev–Trinajstić information content (AvgIpc) is 2.76. The van der Waals surface area contributed by atoms with Crippen LogP contribution in [0, 0.1) is 13.8 Å². The van der Waals surface area contributed by atoms with E-state index in [4.69, 9.17) is 0 Å². The molecule has 2 atom stereocenters. The minimum Gasteiger partial charge on any atom is -0.315 e. The van der Waals surface area contributed by atoms with Gasteiger partial charge in [-0.3, -0.25) is 4.68 Å². The highest BCUT2D eigenvalue weighted by Crippen LogP contribution is 2.35. The van der Waals surface area contributed by atoms with E-state index < -0.39 is 10.0 Å². The van der Waals surface area contributed by atoms with Crippen LogP contribution >= 0.6 is 12.4 Å². The summed E-state index contributed by atoms with van der Waals surface area (Å²) < 4.78 is 29.6. The summed E-state index contributed by atoms with van der Waals surface area (Å²) in [5.41, 5.74) is 1.32. The zero-order valence-electron chi connectivity index (χ0n) is 12.7. The average molecular weight is 335 g/mol. The molecule has 0 radical (unpaired) electrons. The first-order valence-electron chi connectivity index (χ1n) is 7.17. The van der Waals surface area contributed by atoms with Crippen molar-refractivity contribution in [1.82, 2.24) is 19.4 Å². The third-order valence-electron chi connectivity index (χ3n) is 4.57. The van der Waals surface area contributed by atoms with Gasteiger partial charge in [0.05, 0.1) is 11.4 Å². The summed E-state index contributed by atoms with van der Waals surface area (Å²) in [6.07, 6.45) is 2.83. The van der Waals surface area contributed by atoms with Crippen molar-refractivity contribution in [3.8, 4) is 0 Å². The van der Waals surface area contributed by atoms with Gasteiger partial charge < -0.3 is 5.32 Å². The Bertz CT molecular complexity index is 614. The quantitative estimate of drug-likeness (QED) is 0.875. The lowest BCUT2D eigenvalue weighted by molar-refractivity contribution is 0.334. The Morgan fingerprint density at radius 1 is 1.19 bits per heavy atom. The number of hydrogen-bond acceptors (Lipinski definition) is 4. The second-order valence-corrected chi connectivity index (χ2v) is 7.62. The maximum absolute atomic E-state index is 13.1. The maximum Gasteiger partial charge on any atom is 0.247 e. The number of halogens is 1. The normalized spacial score (nSPS) is 26.4. The predicted molar refractivity (Wildman–Crippen MR) is 83.3 cm³/mol. The van der Waals surface area contributed by atoms with E-state index in [0.29, 0.717) is 10.6 Å². The number of nitrogens with zero attached hydrogens (tertiary/aromatic N) is 3. The first-order valence-corrected chi connectivity index (χ1v) is 8.61. The molecule has 3 rings (SSSR count). The zero-order valence-corrected chi connectivity index (χ0v) is 14.3. The number of rotatable bonds is 2. The van der Waals surface area contributed by atoms with Gasteiger partial charge >= 0.3 is 0 Å². The van der Waals surface area contributed by atoms with E-state index in [0.717, 1.165) is 38.0 Å². The van der Waals surface area contributed by atoms with Crippen molar-refractivity contribution in [1.29, 1.82) is 0 Å². The molecule has 1 aromatic rings. The van der Waals surface area contributed by atoms with E-state index in [2.05, 4.69) is 10.4 Å². The van der Waals surface area contributed by atoms with Crippen LogP contribution in [0.4, 0.5) is 0 Å². The summed E-state index contributed by atoms with van der Waals surface area (Å²) >= 11 is 0. The molecule has 8 heteroatoms. The molecule has 0 aromatic carbocycles. The summed E-state index contributed by atoms with van der Waals surface area (Å²) in [6, 6.07) is 0.227. The van der Waals surface area contributed by atoms with Crippen molar-refractivity contribution in [3.63, 3.8) is 0 Å². The lowest BCUT2D eigenvalue weighted by atomic mass is 10.1. The van der Waals surface area contributed by atoms with E-state index >= 15 is 0 Å². The Labute approximate surface area is 132 Å². The minimum absolute atomic E-state index is 0. The highest BCUT2D eigenvalue weighted by Gasteiger charge is 2.44. The molecular formula is C13H23ClN4O2S. The molecule has 1 aromatic heterocycles. The molecule has 2 fully saturated rings. The molecule has 2 saturated heterocycles. The van der Waals surface area contributed by atoms with Gasteiger partial charge in [0.2, 0.25) is 10.0 Å². The third-order valence-corrected chi connectivity index (χ3v) is 6.82. The van der Waals surface area contributed by atoms with Crippen molar-refractivity contribution in [3.05, 3.63) is 11.4 Å². The van der Waals surface area contributed by atoms with Crippen molar-refractivity contribution in [2.45, 2.75) is 50.1 Å². The Kier molecular flexibility index (Phi) is 4.68. The second-order valence-electron chi connectivity index (χ2n) is 5.84. The smallest absolute Gasteiger partial charge is 0.247 e. The van der Waals surface area contributed by atoms with Crippen LogP contribution in [0.2, 0.25) is 0 Å². The Hall–Kier alpha value is -0.630. The largest absolute Gasteiger partial charge is 0.315 e. The number of nitrogens with one attached hydrogen (secondary N) is 1. The van der Waals surface area contributed by atoms with Crippen molar-refractivity contribution in [2.24, 2.45) is 7.05 Å². The molecular weight excluding hydrogens is 312 g/mol. The maximum atomic E-state index is 13.1. The van der Waals surface area contributed by atoms with Gasteiger partial charge in [0, 0.05) is 25.7 Å². The number of aromatic nitrogens is 2. The molecule has 3 heterocycles. The molecule has 120 valence electrons. The summed E-state index contributed by atoms with van der Waals surface area (Å²) in [4.78, 5) is 0.402. The minimum atomic E-state index is -3.45. The SMILES string of the molecule is Cc1nn(C)c(C)c1S(=O)(=O)N1C2CCNCC1CC2.Cl. The van der Waals surface area contributed by atoms with Gasteiger partial charge in [-0.1, -0.05) is 0 Å². The van der Waals surface area contributed by atoms with E-state index in [1.807, 2.05) is 6.92 Å². The van der Waals surface area contributed by atoms with Crippen LogP contribution in [-0.4, -0.2) is 47.7 Å². The Balaban J connectivity index is 0.00000161. The molecule has 0 amide bonds. The predicted octanol–water partition coefficient (Wildman–Crippen LogP) is 0.974. The molecule has 0 aliphatic carbocycles. The molecule has 2 aliphatic rings. The van der Waals surface area contributed by atoms with Gasteiger partial charge in [-0.15, -0.1) is 12.4 Å². The fraction of sp³-hybridized carbons (Fsp3) is 0.769. The highest BCUT2D eigenvalue weighted by molar-refractivity contribution is 7.89. The molecule has 0 saturated carbocycles. The van der Waals surface area contributed by atoms with E-state index in [1.165, 1.54) is 0 Å². The molecule has 2 unspecified atom stereocenters. The fourth-order valence-electron chi connectivity index (χ4n) is 3.56. The zero-order chi connectivity index (χ0) is 14.5. The van der Waals surface area contributed by atoms with Crippen LogP contribution in [-0.2, 0) is 17.1 Å². The summed E-state index contributed by atoms with van der Waals surface area (Å²) in [5, 5.41) is 7.60. The summed E-state index contributed by atoms with van der Waals surface area (Å²) in [6.45, 7) is 5.26. The molecule has 2 aliphatic heterocycles. The van der Waals surface area contributed by atoms with E-state index in [1.54, 1.807) is 23.0 Å². The van der Waals surface area contributed by atoms with Crippen LogP contribution in [0.15, 0.2) is 4.90 Å².